The van der Waals surface area contributed by atoms with Crippen molar-refractivity contribution in [2.24, 2.45) is 0 Å². The fourth-order valence-electron chi connectivity index (χ4n) is 5.65. The lowest BCUT2D eigenvalue weighted by atomic mass is 9.90. The third-order valence-electron chi connectivity index (χ3n) is 8.28. The van der Waals surface area contributed by atoms with Crippen molar-refractivity contribution in [3.63, 3.8) is 0 Å². The van der Waals surface area contributed by atoms with Crippen LogP contribution < -0.4 is 0 Å². The van der Waals surface area contributed by atoms with Crippen LogP contribution in [0.2, 0.25) is 51.4 Å². The predicted octanol–water partition coefficient (Wildman–Crippen LogP) is 7.71. The highest BCUT2D eigenvalue weighted by atomic mass is 28.3. The number of rotatable bonds is 20. The average Bonchev–Trinajstić information content (AvgIpc) is 3.07. The first-order valence-electron chi connectivity index (χ1n) is 16.7. The highest BCUT2D eigenvalue weighted by Crippen LogP contribution is 2.31. The molecular formula is C37H58N2O5Si2. The summed E-state index contributed by atoms with van der Waals surface area (Å²) in [5.74, 6) is 0. The molecule has 254 valence electrons. The van der Waals surface area contributed by atoms with Gasteiger partial charge < -0.3 is 28.7 Å². The molecule has 1 aliphatic heterocycles. The molecule has 0 aliphatic carbocycles. The van der Waals surface area contributed by atoms with E-state index in [9.17, 15) is 4.79 Å². The first kappa shape index (κ1) is 37.9. The highest BCUT2D eigenvalue weighted by molar-refractivity contribution is 6.76. The summed E-state index contributed by atoms with van der Waals surface area (Å²) < 4.78 is 25.7. The van der Waals surface area contributed by atoms with E-state index in [0.717, 1.165) is 23.2 Å². The molecule has 1 aliphatic rings. The van der Waals surface area contributed by atoms with Crippen molar-refractivity contribution in [2.45, 2.75) is 88.5 Å². The Morgan fingerprint density at radius 1 is 0.652 bits per heavy atom. The molecule has 2 aromatic rings. The third kappa shape index (κ3) is 12.6. The Balaban J connectivity index is 2.07. The molecule has 1 heterocycles. The third-order valence-corrected chi connectivity index (χ3v) is 11.7. The van der Waals surface area contributed by atoms with Crippen LogP contribution in [-0.4, -0.2) is 96.2 Å². The molecule has 46 heavy (non-hydrogen) atoms. The molecule has 0 bridgehead atoms. The zero-order chi connectivity index (χ0) is 33.6. The number of nitrogens with zero attached hydrogens (tertiary/aromatic N) is 2. The van der Waals surface area contributed by atoms with Crippen molar-refractivity contribution < 1.29 is 23.7 Å². The van der Waals surface area contributed by atoms with Crippen molar-refractivity contribution in [3.05, 3.63) is 97.1 Å². The van der Waals surface area contributed by atoms with Gasteiger partial charge in [0.2, 0.25) is 0 Å². The summed E-state index contributed by atoms with van der Waals surface area (Å²) in [7, 11) is -2.55. The molecule has 1 fully saturated rings. The van der Waals surface area contributed by atoms with Crippen molar-refractivity contribution >= 4 is 22.2 Å². The molecule has 0 radical (unpaired) electrons. The van der Waals surface area contributed by atoms with Crippen LogP contribution in [0, 0.1) is 0 Å². The minimum Gasteiger partial charge on any atom is -0.356 e. The van der Waals surface area contributed by atoms with Gasteiger partial charge in [0.1, 0.15) is 25.8 Å². The molecule has 0 saturated carbocycles. The van der Waals surface area contributed by atoms with Gasteiger partial charge in [-0.05, 0) is 36.1 Å². The molecule has 0 N–H and O–H groups in total. The fourth-order valence-corrected chi connectivity index (χ4v) is 7.16. The molecule has 0 spiro atoms. The number of amides is 2. The lowest BCUT2D eigenvalue weighted by Crippen LogP contribution is -2.53. The molecule has 0 unspecified atom stereocenters. The molecule has 9 heteroatoms. The molecule has 4 atom stereocenters. The first-order chi connectivity index (χ1) is 21.9. The van der Waals surface area contributed by atoms with Gasteiger partial charge >= 0.3 is 6.03 Å². The van der Waals surface area contributed by atoms with Crippen LogP contribution >= 0.6 is 0 Å². The molecule has 2 aromatic carbocycles. The summed E-state index contributed by atoms with van der Waals surface area (Å²) in [6.07, 6.45) is 3.76. The van der Waals surface area contributed by atoms with E-state index in [1.54, 1.807) is 12.2 Å². The van der Waals surface area contributed by atoms with Gasteiger partial charge in [0.25, 0.3) is 0 Å². The van der Waals surface area contributed by atoms with Gasteiger partial charge in [0.05, 0.1) is 12.1 Å². The van der Waals surface area contributed by atoms with E-state index in [4.69, 9.17) is 18.9 Å². The van der Waals surface area contributed by atoms with Crippen LogP contribution in [0.5, 0.6) is 0 Å². The monoisotopic (exact) mass is 666 g/mol. The summed E-state index contributed by atoms with van der Waals surface area (Å²) in [6.45, 7) is 24.3. The molecule has 3 rings (SSSR count). The molecule has 1 saturated heterocycles. The quantitative estimate of drug-likeness (QED) is 0.0627. The molecule has 0 aromatic heterocycles. The van der Waals surface area contributed by atoms with Gasteiger partial charge in [-0.3, -0.25) is 0 Å². The van der Waals surface area contributed by atoms with E-state index in [1.807, 2.05) is 46.2 Å². The van der Waals surface area contributed by atoms with Crippen molar-refractivity contribution in [1.29, 1.82) is 0 Å². The number of carbonyl (C=O) groups is 1. The SMILES string of the molecule is C=CCN1C(=O)N(CC=C)[C@H](Cc2ccccc2)[C@H](OCOCC[Si](C)(C)C)[C@@H](OCOCC[Si](C)(C)C)[C@H]1Cc1ccccc1. The Bertz CT molecular complexity index is 1090. The maximum atomic E-state index is 14.6. The lowest BCUT2D eigenvalue weighted by molar-refractivity contribution is -0.187. The topological polar surface area (TPSA) is 60.5 Å². The van der Waals surface area contributed by atoms with Crippen LogP contribution in [0.3, 0.4) is 0 Å². The second-order valence-electron chi connectivity index (χ2n) is 14.6. The number of hydrogen-bond donors (Lipinski definition) is 0. The summed E-state index contributed by atoms with van der Waals surface area (Å²) in [6, 6.07) is 21.9. The maximum absolute atomic E-state index is 14.6. The van der Waals surface area contributed by atoms with Crippen molar-refractivity contribution in [2.75, 3.05) is 39.9 Å². The maximum Gasteiger partial charge on any atom is 0.321 e. The van der Waals surface area contributed by atoms with Crippen LogP contribution in [0.1, 0.15) is 11.1 Å². The zero-order valence-electron chi connectivity index (χ0n) is 29.2. The van der Waals surface area contributed by atoms with Gasteiger partial charge in [-0.1, -0.05) is 112 Å². The highest BCUT2D eigenvalue weighted by Gasteiger charge is 2.48. The molecule has 2 amide bonds. The fraction of sp³-hybridized carbons (Fsp3) is 0.541. The van der Waals surface area contributed by atoms with E-state index in [1.165, 1.54) is 0 Å². The van der Waals surface area contributed by atoms with Crippen molar-refractivity contribution in [1.82, 2.24) is 9.80 Å². The predicted molar refractivity (Wildman–Crippen MR) is 195 cm³/mol. The van der Waals surface area contributed by atoms with Gasteiger partial charge in [-0.15, -0.1) is 13.2 Å². The zero-order valence-corrected chi connectivity index (χ0v) is 31.2. The van der Waals surface area contributed by atoms with E-state index >= 15 is 0 Å². The Kier molecular flexibility index (Phi) is 15.4. The average molecular weight is 667 g/mol. The minimum absolute atomic E-state index is 0.0827. The Hall–Kier alpha value is -2.54. The number of hydrogen-bond acceptors (Lipinski definition) is 5. The minimum atomic E-state index is -1.27. The largest absolute Gasteiger partial charge is 0.356 e. The van der Waals surface area contributed by atoms with E-state index in [0.29, 0.717) is 39.1 Å². The summed E-state index contributed by atoms with van der Waals surface area (Å²) >= 11 is 0. The second-order valence-corrected chi connectivity index (χ2v) is 25.9. The molecular weight excluding hydrogens is 609 g/mol. The number of carbonyl (C=O) groups excluding carboxylic acids is 1. The summed E-state index contributed by atoms with van der Waals surface area (Å²) in [4.78, 5) is 18.4. The number of ether oxygens (including phenoxy) is 4. The van der Waals surface area contributed by atoms with E-state index < -0.39 is 28.4 Å². The smallest absolute Gasteiger partial charge is 0.321 e. The standard InChI is InChI=1S/C37H58N2O5Si2/c1-9-21-38-33(27-31-17-13-11-14-18-31)35(43-29-41-23-25-45(3,4)5)36(44-30-42-24-26-46(6,7)8)34(39(22-10-2)37(38)40)28-32-19-15-12-16-20-32/h9-20,33-36H,1-2,21-30H2,3-8H3/t33-,34-,35+,36+/m1/s1. The van der Waals surface area contributed by atoms with E-state index in [2.05, 4.69) is 76.7 Å². The van der Waals surface area contributed by atoms with E-state index in [-0.39, 0.29) is 31.7 Å². The van der Waals surface area contributed by atoms with Crippen LogP contribution in [0.25, 0.3) is 0 Å². The first-order valence-corrected chi connectivity index (χ1v) is 24.1. The normalized spacial score (nSPS) is 20.9. The Morgan fingerprint density at radius 2 is 1.02 bits per heavy atom. The lowest BCUT2D eigenvalue weighted by Gasteiger charge is -2.38. The molecule has 7 nitrogen and oxygen atoms in total. The van der Waals surface area contributed by atoms with Gasteiger partial charge in [0.15, 0.2) is 0 Å². The second kappa shape index (κ2) is 18.7. The summed E-state index contributed by atoms with van der Waals surface area (Å²) in [5.41, 5.74) is 2.23. The Labute approximate surface area is 280 Å². The van der Waals surface area contributed by atoms with Gasteiger partial charge in [0, 0.05) is 42.5 Å². The summed E-state index contributed by atoms with van der Waals surface area (Å²) in [5, 5.41) is 0. The Morgan fingerprint density at radius 3 is 1.35 bits per heavy atom. The van der Waals surface area contributed by atoms with Crippen molar-refractivity contribution in [3.8, 4) is 0 Å². The van der Waals surface area contributed by atoms with Crippen LogP contribution in [0.15, 0.2) is 86.0 Å². The van der Waals surface area contributed by atoms with Crippen LogP contribution in [0.4, 0.5) is 4.79 Å². The van der Waals surface area contributed by atoms with Gasteiger partial charge in [-0.25, -0.2) is 4.79 Å². The number of benzene rings is 2. The van der Waals surface area contributed by atoms with Gasteiger partial charge in [-0.2, -0.15) is 0 Å². The number of urea groups is 1. The van der Waals surface area contributed by atoms with Crippen LogP contribution in [-0.2, 0) is 31.8 Å².